The Morgan fingerprint density at radius 1 is 1.33 bits per heavy atom. The molecule has 15 heavy (non-hydrogen) atoms. The van der Waals surface area contributed by atoms with E-state index in [1.54, 1.807) is 0 Å². The van der Waals surface area contributed by atoms with Crippen LogP contribution in [0.2, 0.25) is 0 Å². The second-order valence-corrected chi connectivity index (χ2v) is 6.43. The fourth-order valence-electron chi connectivity index (χ4n) is 1.65. The van der Waals surface area contributed by atoms with Gasteiger partial charge in [-0.15, -0.1) is 11.3 Å². The Balaban J connectivity index is 2.44. The lowest BCUT2D eigenvalue weighted by molar-refractivity contribution is 0.373. The maximum Gasteiger partial charge on any atom is 0.0285 e. The van der Waals surface area contributed by atoms with E-state index in [9.17, 15) is 0 Å². The molecule has 0 fully saturated rings. The second-order valence-electron chi connectivity index (χ2n) is 4.52. The number of nitrogens with one attached hydrogen (secondary N) is 1. The highest BCUT2D eigenvalue weighted by molar-refractivity contribution is 9.10. The Hall–Kier alpha value is 0.140. The van der Waals surface area contributed by atoms with Gasteiger partial charge in [-0.2, -0.15) is 0 Å². The van der Waals surface area contributed by atoms with E-state index in [2.05, 4.69) is 60.4 Å². The van der Waals surface area contributed by atoms with Crippen LogP contribution in [0, 0.1) is 5.92 Å². The van der Waals surface area contributed by atoms with Crippen molar-refractivity contribution in [1.82, 2.24) is 5.32 Å². The topological polar surface area (TPSA) is 12.0 Å². The third kappa shape index (κ3) is 4.66. The normalized spacial score (nSPS) is 15.6. The van der Waals surface area contributed by atoms with Gasteiger partial charge in [-0.05, 0) is 41.3 Å². The zero-order valence-electron chi connectivity index (χ0n) is 9.88. The summed E-state index contributed by atoms with van der Waals surface area (Å²) in [5.41, 5.74) is 0. The summed E-state index contributed by atoms with van der Waals surface area (Å²) in [6, 6.07) is 3.37. The van der Waals surface area contributed by atoms with Gasteiger partial charge in [0.1, 0.15) is 0 Å². The summed E-state index contributed by atoms with van der Waals surface area (Å²) in [7, 11) is 0. The minimum atomic E-state index is 0.567. The van der Waals surface area contributed by atoms with Gasteiger partial charge in [0.25, 0.3) is 0 Å². The lowest BCUT2D eigenvalue weighted by Crippen LogP contribution is -2.37. The first-order valence-corrected chi connectivity index (χ1v) is 7.15. The maximum atomic E-state index is 3.56. The molecule has 2 unspecified atom stereocenters. The first kappa shape index (κ1) is 13.2. The molecule has 1 aromatic heterocycles. The van der Waals surface area contributed by atoms with Crippen molar-refractivity contribution in [3.05, 3.63) is 20.8 Å². The molecule has 0 saturated carbocycles. The number of thiophene rings is 1. The summed E-state index contributed by atoms with van der Waals surface area (Å²) >= 11 is 5.33. The molecule has 1 aromatic rings. The molecule has 0 radical (unpaired) electrons. The molecule has 0 bridgehead atoms. The molecule has 1 N–H and O–H groups in total. The fourth-order valence-corrected chi connectivity index (χ4v) is 3.24. The predicted molar refractivity (Wildman–Crippen MR) is 72.6 cm³/mol. The molecule has 2 atom stereocenters. The summed E-state index contributed by atoms with van der Waals surface area (Å²) < 4.78 is 1.21. The molecular weight excluding hydrogens is 270 g/mol. The molecule has 0 aliphatic rings. The molecule has 0 spiro atoms. The van der Waals surface area contributed by atoms with E-state index in [-0.39, 0.29) is 0 Å². The molecule has 0 aliphatic carbocycles. The fraction of sp³-hybridized carbons (Fsp3) is 0.667. The Bertz CT molecular complexity index is 296. The monoisotopic (exact) mass is 289 g/mol. The quantitative estimate of drug-likeness (QED) is 0.861. The number of halogens is 1. The van der Waals surface area contributed by atoms with Gasteiger partial charge in [-0.25, -0.2) is 0 Å². The van der Waals surface area contributed by atoms with E-state index in [1.165, 1.54) is 9.35 Å². The second kappa shape index (κ2) is 6.02. The molecule has 0 saturated heterocycles. The van der Waals surface area contributed by atoms with Crippen molar-refractivity contribution in [3.63, 3.8) is 0 Å². The highest BCUT2D eigenvalue weighted by Gasteiger charge is 2.14. The summed E-state index contributed by atoms with van der Waals surface area (Å²) in [6.07, 6.45) is 1.16. The van der Waals surface area contributed by atoms with E-state index in [0.717, 1.165) is 6.42 Å². The van der Waals surface area contributed by atoms with E-state index in [0.29, 0.717) is 18.0 Å². The largest absolute Gasteiger partial charge is 0.312 e. The van der Waals surface area contributed by atoms with Crippen molar-refractivity contribution in [2.75, 3.05) is 0 Å². The van der Waals surface area contributed by atoms with Crippen LogP contribution in [0.15, 0.2) is 15.9 Å². The smallest absolute Gasteiger partial charge is 0.0285 e. The Labute approximate surface area is 105 Å². The van der Waals surface area contributed by atoms with E-state index < -0.39 is 0 Å². The van der Waals surface area contributed by atoms with Crippen molar-refractivity contribution < 1.29 is 0 Å². The number of hydrogen-bond acceptors (Lipinski definition) is 2. The van der Waals surface area contributed by atoms with Crippen LogP contribution in [0.25, 0.3) is 0 Å². The molecule has 1 rings (SSSR count). The highest BCUT2D eigenvalue weighted by atomic mass is 79.9. The van der Waals surface area contributed by atoms with Gasteiger partial charge in [0.2, 0.25) is 0 Å². The summed E-state index contributed by atoms with van der Waals surface area (Å²) in [6.45, 7) is 8.98. The van der Waals surface area contributed by atoms with E-state index in [1.807, 2.05) is 11.3 Å². The van der Waals surface area contributed by atoms with Crippen molar-refractivity contribution in [2.24, 2.45) is 5.92 Å². The van der Waals surface area contributed by atoms with Crippen LogP contribution in [-0.4, -0.2) is 12.1 Å². The molecule has 0 aromatic carbocycles. The Morgan fingerprint density at radius 2 is 2.00 bits per heavy atom. The maximum absolute atomic E-state index is 3.56. The lowest BCUT2D eigenvalue weighted by atomic mass is 9.98. The molecule has 1 nitrogen and oxygen atoms in total. The standard InChI is InChI=1S/C12H20BrNS/c1-8(2)14-10(4)9(3)5-12-6-11(13)7-15-12/h6-10,14H,5H2,1-4H3. The van der Waals surface area contributed by atoms with E-state index >= 15 is 0 Å². The minimum absolute atomic E-state index is 0.567. The lowest BCUT2D eigenvalue weighted by Gasteiger charge is -2.23. The van der Waals surface area contributed by atoms with Crippen molar-refractivity contribution >= 4 is 27.3 Å². The van der Waals surface area contributed by atoms with Gasteiger partial charge in [0.05, 0.1) is 0 Å². The number of rotatable bonds is 5. The Kier molecular flexibility index (Phi) is 5.30. The van der Waals surface area contributed by atoms with Crippen LogP contribution in [-0.2, 0) is 6.42 Å². The van der Waals surface area contributed by atoms with Gasteiger partial charge in [0, 0.05) is 26.8 Å². The molecule has 86 valence electrons. The summed E-state index contributed by atoms with van der Waals surface area (Å²) in [5, 5.41) is 5.72. The van der Waals surface area contributed by atoms with Crippen molar-refractivity contribution in [2.45, 2.75) is 46.2 Å². The molecular formula is C12H20BrNS. The highest BCUT2D eigenvalue weighted by Crippen LogP contribution is 2.23. The average Bonchev–Trinajstić information content (AvgIpc) is 2.50. The average molecular weight is 290 g/mol. The van der Waals surface area contributed by atoms with Gasteiger partial charge in [0.15, 0.2) is 0 Å². The van der Waals surface area contributed by atoms with Crippen LogP contribution in [0.5, 0.6) is 0 Å². The van der Waals surface area contributed by atoms with E-state index in [4.69, 9.17) is 0 Å². The molecule has 0 aliphatic heterocycles. The van der Waals surface area contributed by atoms with Crippen LogP contribution in [0.4, 0.5) is 0 Å². The SMILES string of the molecule is CC(C)NC(C)C(C)Cc1cc(Br)cs1. The summed E-state index contributed by atoms with van der Waals surface area (Å²) in [4.78, 5) is 1.46. The third-order valence-electron chi connectivity index (χ3n) is 2.59. The van der Waals surface area contributed by atoms with Crippen molar-refractivity contribution in [1.29, 1.82) is 0 Å². The third-order valence-corrected chi connectivity index (χ3v) is 4.31. The van der Waals surface area contributed by atoms with Crippen LogP contribution >= 0.6 is 27.3 Å². The summed E-state index contributed by atoms with van der Waals surface area (Å²) in [5.74, 6) is 0.679. The van der Waals surface area contributed by atoms with Crippen LogP contribution in [0.1, 0.15) is 32.6 Å². The van der Waals surface area contributed by atoms with Gasteiger partial charge < -0.3 is 5.32 Å². The zero-order valence-corrected chi connectivity index (χ0v) is 12.3. The first-order valence-electron chi connectivity index (χ1n) is 5.48. The molecule has 1 heterocycles. The zero-order chi connectivity index (χ0) is 11.4. The number of hydrogen-bond donors (Lipinski definition) is 1. The Morgan fingerprint density at radius 3 is 2.47 bits per heavy atom. The predicted octanol–water partition coefficient (Wildman–Crippen LogP) is 4.08. The van der Waals surface area contributed by atoms with Gasteiger partial charge in [-0.3, -0.25) is 0 Å². The molecule has 0 amide bonds. The molecule has 3 heteroatoms. The first-order chi connectivity index (χ1) is 6.99. The van der Waals surface area contributed by atoms with Crippen LogP contribution < -0.4 is 5.32 Å². The van der Waals surface area contributed by atoms with Gasteiger partial charge in [-0.1, -0.05) is 20.8 Å². The minimum Gasteiger partial charge on any atom is -0.312 e. The van der Waals surface area contributed by atoms with Crippen LogP contribution in [0.3, 0.4) is 0 Å². The van der Waals surface area contributed by atoms with Gasteiger partial charge >= 0.3 is 0 Å². The van der Waals surface area contributed by atoms with Crippen molar-refractivity contribution in [3.8, 4) is 0 Å².